The Bertz CT molecular complexity index is 722. The largest absolute Gasteiger partial charge is 0.343 e. The molecule has 6 nitrogen and oxygen atoms in total. The zero-order chi connectivity index (χ0) is 20.4. The molecule has 29 heavy (non-hydrogen) atoms. The van der Waals surface area contributed by atoms with Gasteiger partial charge in [-0.2, -0.15) is 0 Å². The van der Waals surface area contributed by atoms with E-state index in [1.165, 1.54) is 12.8 Å². The van der Waals surface area contributed by atoms with Gasteiger partial charge >= 0.3 is 0 Å². The van der Waals surface area contributed by atoms with Gasteiger partial charge in [0.05, 0.1) is 0 Å². The first kappa shape index (κ1) is 20.3. The highest BCUT2D eigenvalue weighted by Gasteiger charge is 2.47. The van der Waals surface area contributed by atoms with Crippen LogP contribution in [-0.4, -0.2) is 76.3 Å². The minimum atomic E-state index is 0.196. The van der Waals surface area contributed by atoms with E-state index < -0.39 is 0 Å². The van der Waals surface area contributed by atoms with Gasteiger partial charge < -0.3 is 14.7 Å². The molecule has 3 aliphatic rings. The van der Waals surface area contributed by atoms with Crippen LogP contribution in [0.25, 0.3) is 0 Å². The maximum absolute atomic E-state index is 12.3. The van der Waals surface area contributed by atoms with Gasteiger partial charge in [0.1, 0.15) is 0 Å². The molecule has 3 saturated heterocycles. The Morgan fingerprint density at radius 2 is 1.79 bits per heavy atom. The predicted octanol–water partition coefficient (Wildman–Crippen LogP) is 2.34. The first-order chi connectivity index (χ1) is 14.0. The number of piperidine rings is 2. The fourth-order valence-electron chi connectivity index (χ4n) is 5.75. The molecule has 0 bridgehead atoms. The van der Waals surface area contributed by atoms with Crippen LogP contribution < -0.4 is 0 Å². The summed E-state index contributed by atoms with van der Waals surface area (Å²) in [4.78, 5) is 35.1. The molecule has 2 amide bonds. The lowest BCUT2D eigenvalue weighted by atomic mass is 9.75. The topological polar surface area (TPSA) is 56.8 Å². The number of carbonyl (C=O) groups is 2. The third-order valence-corrected chi connectivity index (χ3v) is 7.48. The van der Waals surface area contributed by atoms with Gasteiger partial charge in [0, 0.05) is 63.9 Å². The molecule has 3 fully saturated rings. The van der Waals surface area contributed by atoms with Gasteiger partial charge in [-0.1, -0.05) is 6.07 Å². The second-order valence-electron chi connectivity index (χ2n) is 9.30. The van der Waals surface area contributed by atoms with Crippen molar-refractivity contribution in [1.29, 1.82) is 0 Å². The van der Waals surface area contributed by atoms with Gasteiger partial charge in [-0.05, 0) is 62.7 Å². The summed E-state index contributed by atoms with van der Waals surface area (Å²) in [6.45, 7) is 8.31. The lowest BCUT2D eigenvalue weighted by Crippen LogP contribution is -2.50. The van der Waals surface area contributed by atoms with Gasteiger partial charge in [0.15, 0.2) is 0 Å². The van der Waals surface area contributed by atoms with Gasteiger partial charge in [-0.25, -0.2) is 0 Å². The van der Waals surface area contributed by atoms with Crippen LogP contribution in [0.4, 0.5) is 0 Å². The van der Waals surface area contributed by atoms with E-state index in [1.807, 2.05) is 23.2 Å². The highest BCUT2D eigenvalue weighted by Crippen LogP contribution is 2.44. The molecule has 0 aliphatic carbocycles. The SMILES string of the molecule is CC(=O)N1CCC(N2CCC3(CC2)CC(Cc2ccccn2)N(C(C)=O)C3)CC1. The van der Waals surface area contributed by atoms with Gasteiger partial charge in [-0.3, -0.25) is 14.6 Å². The molecule has 1 aromatic heterocycles. The molecule has 158 valence electrons. The number of rotatable bonds is 3. The molecule has 0 radical (unpaired) electrons. The van der Waals surface area contributed by atoms with Crippen LogP contribution in [0, 0.1) is 5.41 Å². The average molecular weight is 399 g/mol. The summed E-state index contributed by atoms with van der Waals surface area (Å²) >= 11 is 0. The van der Waals surface area contributed by atoms with Crippen molar-refractivity contribution in [3.05, 3.63) is 30.1 Å². The monoisotopic (exact) mass is 398 g/mol. The molecule has 0 saturated carbocycles. The standard InChI is InChI=1S/C23H34N4O2/c1-18(28)25-11-6-21(7-12-25)26-13-8-23(9-14-26)16-22(27(17-23)19(2)29)15-20-5-3-4-10-24-20/h3-5,10,21-22H,6-9,11-17H2,1-2H3. The first-order valence-corrected chi connectivity index (χ1v) is 11.1. The predicted molar refractivity (Wildman–Crippen MR) is 112 cm³/mol. The smallest absolute Gasteiger partial charge is 0.219 e. The number of hydrogen-bond acceptors (Lipinski definition) is 4. The van der Waals surface area contributed by atoms with E-state index in [0.29, 0.717) is 6.04 Å². The van der Waals surface area contributed by atoms with Crippen molar-refractivity contribution in [3.63, 3.8) is 0 Å². The fourth-order valence-corrected chi connectivity index (χ4v) is 5.75. The third-order valence-electron chi connectivity index (χ3n) is 7.48. The number of amides is 2. The second-order valence-corrected chi connectivity index (χ2v) is 9.30. The third kappa shape index (κ3) is 4.47. The van der Waals surface area contributed by atoms with Crippen LogP contribution in [0.1, 0.15) is 51.6 Å². The molecule has 6 heteroatoms. The van der Waals surface area contributed by atoms with Crippen molar-refractivity contribution < 1.29 is 9.59 Å². The van der Waals surface area contributed by atoms with Crippen LogP contribution in [0.15, 0.2) is 24.4 Å². The zero-order valence-corrected chi connectivity index (χ0v) is 17.8. The lowest BCUT2D eigenvalue weighted by Gasteiger charge is -2.45. The molecule has 1 spiro atoms. The summed E-state index contributed by atoms with van der Waals surface area (Å²) in [6.07, 6.45) is 8.32. The molecule has 3 aliphatic heterocycles. The Hall–Kier alpha value is -1.95. The number of carbonyl (C=O) groups excluding carboxylic acids is 2. The number of aromatic nitrogens is 1. The number of hydrogen-bond donors (Lipinski definition) is 0. The molecule has 0 N–H and O–H groups in total. The van der Waals surface area contributed by atoms with E-state index in [-0.39, 0.29) is 23.3 Å². The molecule has 4 heterocycles. The molecular formula is C23H34N4O2. The van der Waals surface area contributed by atoms with Gasteiger partial charge in [0.2, 0.25) is 11.8 Å². The summed E-state index contributed by atoms with van der Waals surface area (Å²) in [6, 6.07) is 6.92. The molecule has 0 aromatic carbocycles. The van der Waals surface area contributed by atoms with Crippen molar-refractivity contribution in [2.24, 2.45) is 5.41 Å². The highest BCUT2D eigenvalue weighted by molar-refractivity contribution is 5.74. The minimum absolute atomic E-state index is 0.196. The van der Waals surface area contributed by atoms with Crippen LogP contribution in [0.5, 0.6) is 0 Å². The molecule has 1 unspecified atom stereocenters. The van der Waals surface area contributed by atoms with Crippen molar-refractivity contribution in [1.82, 2.24) is 19.7 Å². The minimum Gasteiger partial charge on any atom is -0.343 e. The molecule has 4 rings (SSSR count). The Balaban J connectivity index is 1.35. The van der Waals surface area contributed by atoms with E-state index in [9.17, 15) is 9.59 Å². The normalized spacial score (nSPS) is 25.5. The van der Waals surface area contributed by atoms with E-state index in [4.69, 9.17) is 0 Å². The van der Waals surface area contributed by atoms with E-state index in [1.54, 1.807) is 13.8 Å². The van der Waals surface area contributed by atoms with Crippen molar-refractivity contribution >= 4 is 11.8 Å². The van der Waals surface area contributed by atoms with Crippen molar-refractivity contribution in [2.45, 2.75) is 64.5 Å². The number of nitrogens with zero attached hydrogens (tertiary/aromatic N) is 4. The Morgan fingerprint density at radius 3 is 2.38 bits per heavy atom. The van der Waals surface area contributed by atoms with Crippen LogP contribution in [0.3, 0.4) is 0 Å². The Labute approximate surface area is 174 Å². The lowest BCUT2D eigenvalue weighted by molar-refractivity contribution is -0.131. The maximum Gasteiger partial charge on any atom is 0.219 e. The van der Waals surface area contributed by atoms with E-state index in [0.717, 1.165) is 64.1 Å². The summed E-state index contributed by atoms with van der Waals surface area (Å²) in [5.41, 5.74) is 1.34. The molecule has 1 atom stereocenters. The van der Waals surface area contributed by atoms with Gasteiger partial charge in [-0.15, -0.1) is 0 Å². The maximum atomic E-state index is 12.3. The number of likely N-dealkylation sites (tertiary alicyclic amines) is 3. The van der Waals surface area contributed by atoms with Crippen molar-refractivity contribution in [2.75, 3.05) is 32.7 Å². The summed E-state index contributed by atoms with van der Waals surface area (Å²) in [5.74, 6) is 0.400. The van der Waals surface area contributed by atoms with E-state index >= 15 is 0 Å². The Morgan fingerprint density at radius 1 is 1.07 bits per heavy atom. The molecular weight excluding hydrogens is 364 g/mol. The van der Waals surface area contributed by atoms with Crippen LogP contribution >= 0.6 is 0 Å². The fraction of sp³-hybridized carbons (Fsp3) is 0.696. The highest BCUT2D eigenvalue weighted by atomic mass is 16.2. The summed E-state index contributed by atoms with van der Waals surface area (Å²) < 4.78 is 0. The van der Waals surface area contributed by atoms with Crippen LogP contribution in [-0.2, 0) is 16.0 Å². The van der Waals surface area contributed by atoms with Crippen molar-refractivity contribution in [3.8, 4) is 0 Å². The summed E-state index contributed by atoms with van der Waals surface area (Å²) in [5, 5.41) is 0. The van der Waals surface area contributed by atoms with Crippen LogP contribution in [0.2, 0.25) is 0 Å². The Kier molecular flexibility index (Phi) is 5.91. The quantitative estimate of drug-likeness (QED) is 0.784. The number of pyridine rings is 1. The molecule has 1 aromatic rings. The van der Waals surface area contributed by atoms with E-state index in [2.05, 4.69) is 20.9 Å². The first-order valence-electron chi connectivity index (χ1n) is 11.1. The van der Waals surface area contributed by atoms with Gasteiger partial charge in [0.25, 0.3) is 0 Å². The second kappa shape index (κ2) is 8.42. The zero-order valence-electron chi connectivity index (χ0n) is 17.8. The summed E-state index contributed by atoms with van der Waals surface area (Å²) in [7, 11) is 0. The average Bonchev–Trinajstić information content (AvgIpc) is 3.07.